The molecule has 3 nitrogen and oxygen atoms in total. The number of thiazole rings is 1. The number of rotatable bonds is 3. The molecule has 5 heteroatoms. The van der Waals surface area contributed by atoms with Crippen molar-refractivity contribution in [3.8, 4) is 0 Å². The highest BCUT2D eigenvalue weighted by Gasteiger charge is 2.22. The zero-order chi connectivity index (χ0) is 11.6. The fraction of sp³-hybridized carbons (Fsp3) is 0.273. The molecule has 0 saturated heterocycles. The monoisotopic (exact) mass is 297 g/mol. The number of hydrogen-bond donors (Lipinski definition) is 1. The molecule has 0 aromatic carbocycles. The highest BCUT2D eigenvalue weighted by Crippen LogP contribution is 2.27. The molecule has 0 aliphatic carbocycles. The molecule has 84 valence electrons. The Kier molecular flexibility index (Phi) is 3.25. The van der Waals surface area contributed by atoms with E-state index in [2.05, 4.69) is 45.1 Å². The van der Waals surface area contributed by atoms with Gasteiger partial charge in [0.2, 0.25) is 0 Å². The number of anilines is 1. The first-order valence-electron chi connectivity index (χ1n) is 4.87. The summed E-state index contributed by atoms with van der Waals surface area (Å²) in [7, 11) is 0. The van der Waals surface area contributed by atoms with E-state index in [1.165, 1.54) is 0 Å². The summed E-state index contributed by atoms with van der Waals surface area (Å²) < 4.78 is 0.965. The van der Waals surface area contributed by atoms with E-state index in [0.717, 1.165) is 15.2 Å². The predicted octanol–water partition coefficient (Wildman–Crippen LogP) is 3.65. The van der Waals surface area contributed by atoms with Gasteiger partial charge in [-0.2, -0.15) is 0 Å². The summed E-state index contributed by atoms with van der Waals surface area (Å²) >= 11 is 5.05. The molecule has 0 bridgehead atoms. The maximum absolute atomic E-state index is 4.33. The average molecular weight is 298 g/mol. The summed E-state index contributed by atoms with van der Waals surface area (Å²) in [6, 6.07) is 2.00. The fourth-order valence-electron chi connectivity index (χ4n) is 1.43. The molecule has 2 heterocycles. The molecule has 0 atom stereocenters. The molecule has 1 N–H and O–H groups in total. The van der Waals surface area contributed by atoms with E-state index in [0.29, 0.717) is 0 Å². The Hall–Kier alpha value is -0.940. The topological polar surface area (TPSA) is 37.8 Å². The van der Waals surface area contributed by atoms with Gasteiger partial charge < -0.3 is 5.32 Å². The van der Waals surface area contributed by atoms with Crippen molar-refractivity contribution in [2.24, 2.45) is 0 Å². The number of hydrogen-bond acceptors (Lipinski definition) is 4. The first-order valence-corrected chi connectivity index (χ1v) is 6.54. The van der Waals surface area contributed by atoms with Gasteiger partial charge in [0.1, 0.15) is 5.01 Å². The van der Waals surface area contributed by atoms with Gasteiger partial charge in [-0.25, -0.2) is 4.98 Å². The Morgan fingerprint density at radius 3 is 2.81 bits per heavy atom. The van der Waals surface area contributed by atoms with Gasteiger partial charge in [0.05, 0.1) is 17.4 Å². The average Bonchev–Trinajstić information content (AvgIpc) is 2.69. The van der Waals surface area contributed by atoms with Crippen molar-refractivity contribution in [1.82, 2.24) is 9.97 Å². The summed E-state index contributed by atoms with van der Waals surface area (Å²) in [5.74, 6) is 0. The second kappa shape index (κ2) is 4.51. The van der Waals surface area contributed by atoms with Gasteiger partial charge in [0, 0.05) is 22.2 Å². The van der Waals surface area contributed by atoms with Crippen molar-refractivity contribution in [3.63, 3.8) is 0 Å². The Morgan fingerprint density at radius 2 is 2.19 bits per heavy atom. The van der Waals surface area contributed by atoms with Crippen molar-refractivity contribution in [1.29, 1.82) is 0 Å². The van der Waals surface area contributed by atoms with Gasteiger partial charge in [-0.1, -0.05) is 0 Å². The lowest BCUT2D eigenvalue weighted by Gasteiger charge is -2.25. The van der Waals surface area contributed by atoms with Crippen LogP contribution in [0.4, 0.5) is 5.69 Å². The van der Waals surface area contributed by atoms with E-state index in [9.17, 15) is 0 Å². The third-order valence-corrected chi connectivity index (χ3v) is 3.66. The molecular formula is C11H12BrN3S. The smallest absolute Gasteiger partial charge is 0.117 e. The van der Waals surface area contributed by atoms with Gasteiger partial charge in [0.15, 0.2) is 0 Å². The van der Waals surface area contributed by atoms with Crippen LogP contribution in [0.15, 0.2) is 34.5 Å². The standard InChI is InChI=1S/C11H12BrN3S/c1-11(2,10-14-3-4-16-10)15-9-5-8(12)6-13-7-9/h3-7,15H,1-2H3. The molecule has 0 aliphatic rings. The molecule has 2 aromatic rings. The Balaban J connectivity index is 2.21. The quantitative estimate of drug-likeness (QED) is 0.940. The molecule has 0 aliphatic heterocycles. The van der Waals surface area contributed by atoms with E-state index in [1.807, 2.05) is 17.6 Å². The van der Waals surface area contributed by atoms with Crippen LogP contribution in [0, 0.1) is 0 Å². The predicted molar refractivity (Wildman–Crippen MR) is 70.7 cm³/mol. The van der Waals surface area contributed by atoms with Crippen LogP contribution >= 0.6 is 27.3 Å². The van der Waals surface area contributed by atoms with Crippen molar-refractivity contribution in [2.45, 2.75) is 19.4 Å². The molecule has 16 heavy (non-hydrogen) atoms. The van der Waals surface area contributed by atoms with Crippen molar-refractivity contribution >= 4 is 33.0 Å². The third-order valence-electron chi connectivity index (χ3n) is 2.13. The first kappa shape index (κ1) is 11.5. The highest BCUT2D eigenvalue weighted by atomic mass is 79.9. The van der Waals surface area contributed by atoms with Gasteiger partial charge in [-0.15, -0.1) is 11.3 Å². The van der Waals surface area contributed by atoms with E-state index < -0.39 is 0 Å². The van der Waals surface area contributed by atoms with Crippen LogP contribution in [0.5, 0.6) is 0 Å². The number of halogens is 1. The van der Waals surface area contributed by atoms with Crippen LogP contribution in [0.2, 0.25) is 0 Å². The van der Waals surface area contributed by atoms with E-state index in [-0.39, 0.29) is 5.54 Å². The number of pyridine rings is 1. The molecular weight excluding hydrogens is 286 g/mol. The van der Waals surface area contributed by atoms with E-state index in [4.69, 9.17) is 0 Å². The maximum Gasteiger partial charge on any atom is 0.117 e. The minimum Gasteiger partial charge on any atom is -0.372 e. The third kappa shape index (κ3) is 2.59. The number of aromatic nitrogens is 2. The molecule has 0 amide bonds. The SMILES string of the molecule is CC(C)(Nc1cncc(Br)c1)c1nccs1. The van der Waals surface area contributed by atoms with Crippen LogP contribution < -0.4 is 5.32 Å². The van der Waals surface area contributed by atoms with Crippen molar-refractivity contribution in [3.05, 3.63) is 39.5 Å². The van der Waals surface area contributed by atoms with Crippen LogP contribution in [-0.2, 0) is 5.54 Å². The van der Waals surface area contributed by atoms with Gasteiger partial charge in [-0.05, 0) is 35.8 Å². The molecule has 0 fully saturated rings. The molecule has 0 spiro atoms. The fourth-order valence-corrected chi connectivity index (χ4v) is 2.51. The molecule has 0 radical (unpaired) electrons. The van der Waals surface area contributed by atoms with Gasteiger partial charge in [0.25, 0.3) is 0 Å². The lowest BCUT2D eigenvalue weighted by Crippen LogP contribution is -2.27. The Morgan fingerprint density at radius 1 is 1.38 bits per heavy atom. The Bertz CT molecular complexity index is 468. The molecule has 0 saturated carbocycles. The second-order valence-corrected chi connectivity index (χ2v) is 5.79. The second-order valence-electron chi connectivity index (χ2n) is 3.98. The van der Waals surface area contributed by atoms with Crippen molar-refractivity contribution in [2.75, 3.05) is 5.32 Å². The van der Waals surface area contributed by atoms with Crippen LogP contribution in [0.25, 0.3) is 0 Å². The number of nitrogens with one attached hydrogen (secondary N) is 1. The highest BCUT2D eigenvalue weighted by molar-refractivity contribution is 9.10. The van der Waals surface area contributed by atoms with Crippen LogP contribution in [-0.4, -0.2) is 9.97 Å². The first-order chi connectivity index (χ1) is 7.58. The normalized spacial score (nSPS) is 11.4. The van der Waals surface area contributed by atoms with Crippen LogP contribution in [0.1, 0.15) is 18.9 Å². The van der Waals surface area contributed by atoms with Gasteiger partial charge in [-0.3, -0.25) is 4.98 Å². The van der Waals surface area contributed by atoms with E-state index >= 15 is 0 Å². The zero-order valence-corrected chi connectivity index (χ0v) is 11.5. The zero-order valence-electron chi connectivity index (χ0n) is 9.07. The van der Waals surface area contributed by atoms with Crippen molar-refractivity contribution < 1.29 is 0 Å². The van der Waals surface area contributed by atoms with E-state index in [1.54, 1.807) is 23.7 Å². The summed E-state index contributed by atoms with van der Waals surface area (Å²) in [6.07, 6.45) is 5.39. The Labute approximate surface area is 107 Å². The summed E-state index contributed by atoms with van der Waals surface area (Å²) in [5, 5.41) is 6.46. The summed E-state index contributed by atoms with van der Waals surface area (Å²) in [6.45, 7) is 4.21. The summed E-state index contributed by atoms with van der Waals surface area (Å²) in [4.78, 5) is 8.45. The number of nitrogens with zero attached hydrogens (tertiary/aromatic N) is 2. The largest absolute Gasteiger partial charge is 0.372 e. The molecule has 2 aromatic heterocycles. The maximum atomic E-state index is 4.33. The minimum absolute atomic E-state index is 0.184. The molecule has 0 unspecified atom stereocenters. The van der Waals surface area contributed by atoms with Gasteiger partial charge >= 0.3 is 0 Å². The lowest BCUT2D eigenvalue weighted by atomic mass is 10.1. The van der Waals surface area contributed by atoms with Crippen LogP contribution in [0.3, 0.4) is 0 Å². The molecule has 2 rings (SSSR count). The minimum atomic E-state index is -0.184. The lowest BCUT2D eigenvalue weighted by molar-refractivity contribution is 0.604. The summed E-state index contributed by atoms with van der Waals surface area (Å²) in [5.41, 5.74) is 0.797.